The molecule has 0 spiro atoms. The van der Waals surface area contributed by atoms with Gasteiger partial charge < -0.3 is 14.2 Å². The molecule has 1 N–H and O–H groups in total. The predicted molar refractivity (Wildman–Crippen MR) is 109 cm³/mol. The molecule has 1 atom stereocenters. The minimum atomic E-state index is 0.241. The van der Waals surface area contributed by atoms with Crippen molar-refractivity contribution < 1.29 is 9.26 Å². The number of aromatic amines is 1. The largest absolute Gasteiger partial charge is 0.378 e. The summed E-state index contributed by atoms with van der Waals surface area (Å²) in [5.74, 6) is 1.74. The van der Waals surface area contributed by atoms with E-state index >= 15 is 0 Å². The second-order valence-electron chi connectivity index (χ2n) is 7.15. The molecule has 6 rings (SSSR count). The highest BCUT2D eigenvalue weighted by Crippen LogP contribution is 2.50. The number of ether oxygens (including phenoxy) is 1. The molecule has 1 saturated heterocycles. The number of H-pyrrole nitrogens is 1. The van der Waals surface area contributed by atoms with E-state index in [1.54, 1.807) is 24.2 Å². The summed E-state index contributed by atoms with van der Waals surface area (Å²) in [6.45, 7) is 3.09. The van der Waals surface area contributed by atoms with Gasteiger partial charge in [0.05, 0.1) is 41.7 Å². The van der Waals surface area contributed by atoms with Crippen LogP contribution < -0.4 is 4.90 Å². The lowest BCUT2D eigenvalue weighted by molar-refractivity contribution is 0.122. The van der Waals surface area contributed by atoms with E-state index in [1.807, 2.05) is 18.3 Å². The third-order valence-corrected chi connectivity index (χ3v) is 6.79. The fraction of sp³-hybridized carbons (Fsp3) is 0.300. The first-order valence-electron chi connectivity index (χ1n) is 9.59. The van der Waals surface area contributed by atoms with E-state index in [-0.39, 0.29) is 5.25 Å². The Morgan fingerprint density at radius 2 is 2.07 bits per heavy atom. The van der Waals surface area contributed by atoms with E-state index < -0.39 is 0 Å². The maximum atomic E-state index is 5.56. The average molecular weight is 406 g/mol. The Morgan fingerprint density at radius 3 is 2.93 bits per heavy atom. The molecule has 0 aliphatic carbocycles. The second-order valence-corrected chi connectivity index (χ2v) is 8.36. The standard InChI is InChI=1S/C20H18N6O2S/c1-2-13(14-10-21-25-15(14)3-1)19-23-16-8-17(12-9-22-28-11-12)29-18(16)20(24-19)26-4-6-27-7-5-26/h1-3,9-11,17H,4-8H2,(H,21,25). The van der Waals surface area contributed by atoms with Crippen molar-refractivity contribution in [3.8, 4) is 11.4 Å². The number of morpholine rings is 1. The monoisotopic (exact) mass is 406 g/mol. The number of nitrogens with zero attached hydrogens (tertiary/aromatic N) is 5. The molecule has 0 bridgehead atoms. The van der Waals surface area contributed by atoms with E-state index in [9.17, 15) is 0 Å². The summed E-state index contributed by atoms with van der Waals surface area (Å²) in [7, 11) is 0. The van der Waals surface area contributed by atoms with Gasteiger partial charge in [-0.15, -0.1) is 11.8 Å². The lowest BCUT2D eigenvalue weighted by Gasteiger charge is -2.29. The van der Waals surface area contributed by atoms with Crippen LogP contribution >= 0.6 is 11.8 Å². The van der Waals surface area contributed by atoms with Gasteiger partial charge >= 0.3 is 0 Å². The molecule has 2 aliphatic heterocycles. The van der Waals surface area contributed by atoms with Gasteiger partial charge in [0.15, 0.2) is 5.82 Å². The fourth-order valence-electron chi connectivity index (χ4n) is 3.93. The van der Waals surface area contributed by atoms with Crippen molar-refractivity contribution in [1.82, 2.24) is 25.3 Å². The molecule has 4 aromatic rings. The molecule has 8 nitrogen and oxygen atoms in total. The van der Waals surface area contributed by atoms with Gasteiger partial charge in [-0.3, -0.25) is 5.10 Å². The van der Waals surface area contributed by atoms with Gasteiger partial charge in [0.2, 0.25) is 0 Å². The summed E-state index contributed by atoms with van der Waals surface area (Å²) >= 11 is 1.80. The Labute approximate surface area is 170 Å². The molecule has 2 aliphatic rings. The first kappa shape index (κ1) is 17.0. The van der Waals surface area contributed by atoms with Crippen LogP contribution in [0.1, 0.15) is 16.5 Å². The molecule has 1 aromatic carbocycles. The van der Waals surface area contributed by atoms with E-state index in [0.29, 0.717) is 13.2 Å². The van der Waals surface area contributed by atoms with Crippen molar-refractivity contribution in [3.05, 3.63) is 48.1 Å². The smallest absolute Gasteiger partial charge is 0.162 e. The number of fused-ring (bicyclic) bond motifs is 2. The van der Waals surface area contributed by atoms with Crippen LogP contribution in [0.4, 0.5) is 5.82 Å². The number of nitrogens with one attached hydrogen (secondary N) is 1. The zero-order valence-electron chi connectivity index (χ0n) is 15.5. The van der Waals surface area contributed by atoms with Crippen molar-refractivity contribution in [1.29, 1.82) is 0 Å². The van der Waals surface area contributed by atoms with Crippen molar-refractivity contribution in [2.24, 2.45) is 0 Å². The van der Waals surface area contributed by atoms with Crippen molar-refractivity contribution in [2.45, 2.75) is 16.6 Å². The second kappa shape index (κ2) is 6.85. The highest BCUT2D eigenvalue weighted by atomic mass is 32.2. The van der Waals surface area contributed by atoms with Gasteiger partial charge in [-0.1, -0.05) is 17.3 Å². The number of hydrogen-bond acceptors (Lipinski definition) is 8. The fourth-order valence-corrected chi connectivity index (χ4v) is 5.26. The van der Waals surface area contributed by atoms with Crippen LogP contribution in [0.25, 0.3) is 22.3 Å². The van der Waals surface area contributed by atoms with Crippen LogP contribution in [0, 0.1) is 0 Å². The van der Waals surface area contributed by atoms with Crippen LogP contribution in [0.5, 0.6) is 0 Å². The normalized spacial score (nSPS) is 19.0. The van der Waals surface area contributed by atoms with E-state index in [4.69, 9.17) is 19.2 Å². The number of hydrogen-bond donors (Lipinski definition) is 1. The first-order chi connectivity index (χ1) is 14.4. The van der Waals surface area contributed by atoms with Crippen LogP contribution in [0.15, 0.2) is 46.3 Å². The Bertz CT molecular complexity index is 1170. The molecule has 1 unspecified atom stereocenters. The summed E-state index contributed by atoms with van der Waals surface area (Å²) in [4.78, 5) is 13.5. The van der Waals surface area contributed by atoms with Gasteiger partial charge in [-0.05, 0) is 6.07 Å². The van der Waals surface area contributed by atoms with Crippen molar-refractivity contribution in [2.75, 3.05) is 31.2 Å². The average Bonchev–Trinajstić information content (AvgIpc) is 3.53. The van der Waals surface area contributed by atoms with Gasteiger partial charge in [0.1, 0.15) is 12.1 Å². The zero-order valence-corrected chi connectivity index (χ0v) is 16.4. The van der Waals surface area contributed by atoms with E-state index in [2.05, 4.69) is 26.3 Å². The SMILES string of the molecule is c1cc(-c2nc3c(c(N4CCOCC4)n2)SC(c2cnoc2)C3)c2cn[nH]c2c1. The number of aromatic nitrogens is 5. The van der Waals surface area contributed by atoms with Gasteiger partial charge in [0.25, 0.3) is 0 Å². The van der Waals surface area contributed by atoms with Gasteiger partial charge in [0, 0.05) is 41.3 Å². The summed E-state index contributed by atoms with van der Waals surface area (Å²) < 4.78 is 10.6. The summed E-state index contributed by atoms with van der Waals surface area (Å²) in [6, 6.07) is 6.08. The Balaban J connectivity index is 1.49. The topological polar surface area (TPSA) is 93.0 Å². The molecule has 0 amide bonds. The van der Waals surface area contributed by atoms with Gasteiger partial charge in [-0.2, -0.15) is 5.10 Å². The van der Waals surface area contributed by atoms with E-state index in [1.165, 1.54) is 0 Å². The molecule has 29 heavy (non-hydrogen) atoms. The number of rotatable bonds is 3. The quantitative estimate of drug-likeness (QED) is 0.554. The molecule has 1 fully saturated rings. The molecule has 9 heteroatoms. The van der Waals surface area contributed by atoms with Gasteiger partial charge in [-0.25, -0.2) is 9.97 Å². The molecular formula is C20H18N6O2S. The summed E-state index contributed by atoms with van der Waals surface area (Å²) in [5, 5.41) is 12.4. The van der Waals surface area contributed by atoms with Crippen LogP contribution in [-0.2, 0) is 11.2 Å². The maximum absolute atomic E-state index is 5.56. The highest BCUT2D eigenvalue weighted by Gasteiger charge is 2.32. The van der Waals surface area contributed by atoms with E-state index in [0.717, 1.165) is 63.8 Å². The Kier molecular flexibility index (Phi) is 4.02. The maximum Gasteiger partial charge on any atom is 0.162 e. The summed E-state index contributed by atoms with van der Waals surface area (Å²) in [5.41, 5.74) is 4.14. The number of benzene rings is 1. The zero-order chi connectivity index (χ0) is 19.2. The molecule has 3 aromatic heterocycles. The molecule has 5 heterocycles. The Hall–Kier alpha value is -2.91. The third kappa shape index (κ3) is 2.89. The summed E-state index contributed by atoms with van der Waals surface area (Å²) in [6.07, 6.45) is 6.18. The van der Waals surface area contributed by atoms with Crippen molar-refractivity contribution >= 4 is 28.5 Å². The third-order valence-electron chi connectivity index (χ3n) is 5.42. The Morgan fingerprint density at radius 1 is 1.14 bits per heavy atom. The molecule has 0 saturated carbocycles. The first-order valence-corrected chi connectivity index (χ1v) is 10.5. The van der Waals surface area contributed by atoms with Crippen molar-refractivity contribution in [3.63, 3.8) is 0 Å². The lowest BCUT2D eigenvalue weighted by atomic mass is 10.1. The molecule has 146 valence electrons. The number of anilines is 1. The lowest BCUT2D eigenvalue weighted by Crippen LogP contribution is -2.37. The number of thioether (sulfide) groups is 1. The van der Waals surface area contributed by atoms with Crippen LogP contribution in [0.3, 0.4) is 0 Å². The highest BCUT2D eigenvalue weighted by molar-refractivity contribution is 8.00. The minimum absolute atomic E-state index is 0.241. The minimum Gasteiger partial charge on any atom is -0.378 e. The van der Waals surface area contributed by atoms with Crippen LogP contribution in [-0.4, -0.2) is 51.6 Å². The van der Waals surface area contributed by atoms with Crippen LogP contribution in [0.2, 0.25) is 0 Å². The molecular weight excluding hydrogens is 388 g/mol. The predicted octanol–water partition coefficient (Wildman–Crippen LogP) is 3.23. The molecule has 0 radical (unpaired) electrons.